The summed E-state index contributed by atoms with van der Waals surface area (Å²) >= 11 is 0. The Kier molecular flexibility index (Phi) is 11.2. The fourth-order valence-electron chi connectivity index (χ4n) is 0.560. The Morgan fingerprint density at radius 2 is 1.67 bits per heavy atom. The molecule has 0 aliphatic carbocycles. The van der Waals surface area contributed by atoms with Crippen molar-refractivity contribution in [1.29, 1.82) is 0 Å². The number of hydrogen-bond donors (Lipinski definition) is 1. The third kappa shape index (κ3) is 7.06. The third-order valence-electron chi connectivity index (χ3n) is 0.937. The van der Waals surface area contributed by atoms with Gasteiger partial charge in [-0.3, -0.25) is 0 Å². The average Bonchev–Trinajstić information content (AvgIpc) is 2.11. The first-order valence-electron chi connectivity index (χ1n) is 4.47. The lowest BCUT2D eigenvalue weighted by Crippen LogP contribution is -1.87. The Morgan fingerprint density at radius 3 is 1.92 bits per heavy atom. The normalized spacial score (nSPS) is 7.08. The minimum absolute atomic E-state index is 0.588. The van der Waals surface area contributed by atoms with E-state index in [1.54, 1.807) is 6.20 Å². The quantitative estimate of drug-likeness (QED) is 0.646. The van der Waals surface area contributed by atoms with E-state index in [-0.39, 0.29) is 0 Å². The van der Waals surface area contributed by atoms with Crippen molar-refractivity contribution >= 4 is 5.82 Å². The van der Waals surface area contributed by atoms with Crippen molar-refractivity contribution < 1.29 is 0 Å². The number of nitrogen functional groups attached to an aromatic ring is 1. The van der Waals surface area contributed by atoms with Crippen molar-refractivity contribution in [3.63, 3.8) is 0 Å². The summed E-state index contributed by atoms with van der Waals surface area (Å²) in [5, 5.41) is 0. The molecule has 0 saturated heterocycles. The van der Waals surface area contributed by atoms with Gasteiger partial charge in [0.15, 0.2) is 0 Å². The van der Waals surface area contributed by atoms with Gasteiger partial charge in [0, 0.05) is 6.20 Å². The molecule has 0 saturated carbocycles. The number of anilines is 1. The van der Waals surface area contributed by atoms with Gasteiger partial charge in [0.2, 0.25) is 0 Å². The largest absolute Gasteiger partial charge is 0.384 e. The molecule has 0 bridgehead atoms. The molecule has 2 N–H and O–H groups in total. The molecule has 12 heavy (non-hydrogen) atoms. The molecule has 0 unspecified atom stereocenters. The van der Waals surface area contributed by atoms with Crippen LogP contribution in [0, 0.1) is 6.92 Å². The molecule has 1 rings (SSSR count). The highest BCUT2D eigenvalue weighted by atomic mass is 14.8. The summed E-state index contributed by atoms with van der Waals surface area (Å²) in [6, 6.07) is 3.75. The van der Waals surface area contributed by atoms with Gasteiger partial charge in [-0.1, -0.05) is 27.7 Å². The van der Waals surface area contributed by atoms with E-state index in [1.165, 1.54) is 0 Å². The lowest BCUT2D eigenvalue weighted by atomic mass is 10.3. The van der Waals surface area contributed by atoms with Crippen molar-refractivity contribution in [1.82, 2.24) is 4.98 Å². The maximum absolute atomic E-state index is 5.35. The van der Waals surface area contributed by atoms with Crippen LogP contribution < -0.4 is 5.73 Å². The van der Waals surface area contributed by atoms with Crippen LogP contribution in [-0.2, 0) is 0 Å². The van der Waals surface area contributed by atoms with E-state index in [4.69, 9.17) is 5.73 Å². The Balaban J connectivity index is 0. The first kappa shape index (κ1) is 13.5. The molecule has 0 amide bonds. The number of pyridine rings is 1. The zero-order chi connectivity index (χ0) is 9.98. The van der Waals surface area contributed by atoms with Crippen molar-refractivity contribution in [3.05, 3.63) is 23.9 Å². The van der Waals surface area contributed by atoms with Gasteiger partial charge in [-0.25, -0.2) is 4.98 Å². The summed E-state index contributed by atoms with van der Waals surface area (Å²) in [6.07, 6.45) is 1.70. The number of aryl methyl sites for hydroxylation is 1. The van der Waals surface area contributed by atoms with Crippen molar-refractivity contribution in [2.24, 2.45) is 0 Å². The van der Waals surface area contributed by atoms with E-state index >= 15 is 0 Å². The van der Waals surface area contributed by atoms with Crippen molar-refractivity contribution in [2.75, 3.05) is 5.73 Å². The smallest absolute Gasteiger partial charge is 0.123 e. The van der Waals surface area contributed by atoms with Crippen LogP contribution in [0.2, 0.25) is 0 Å². The monoisotopic (exact) mass is 168 g/mol. The molecule has 2 heteroatoms. The number of hydrogen-bond acceptors (Lipinski definition) is 2. The lowest BCUT2D eigenvalue weighted by Gasteiger charge is -1.90. The second-order valence-electron chi connectivity index (χ2n) is 1.76. The van der Waals surface area contributed by atoms with Gasteiger partial charge in [0.25, 0.3) is 0 Å². The zero-order valence-corrected chi connectivity index (χ0v) is 8.76. The highest BCUT2D eigenvalue weighted by Gasteiger charge is 1.82. The van der Waals surface area contributed by atoms with Gasteiger partial charge >= 0.3 is 0 Å². The Morgan fingerprint density at radius 1 is 1.17 bits per heavy atom. The van der Waals surface area contributed by atoms with E-state index in [9.17, 15) is 0 Å². The molecule has 0 aromatic carbocycles. The van der Waals surface area contributed by atoms with Crippen LogP contribution in [0.25, 0.3) is 0 Å². The first-order valence-corrected chi connectivity index (χ1v) is 4.47. The Hall–Kier alpha value is -1.05. The summed E-state index contributed by atoms with van der Waals surface area (Å²) in [6.45, 7) is 9.98. The van der Waals surface area contributed by atoms with Gasteiger partial charge in [-0.15, -0.1) is 0 Å². The average molecular weight is 168 g/mol. The van der Waals surface area contributed by atoms with Crippen molar-refractivity contribution in [2.45, 2.75) is 34.6 Å². The first-order chi connectivity index (χ1) is 5.79. The van der Waals surface area contributed by atoms with Crippen LogP contribution in [0.1, 0.15) is 33.3 Å². The van der Waals surface area contributed by atoms with E-state index < -0.39 is 0 Å². The van der Waals surface area contributed by atoms with Crippen molar-refractivity contribution in [3.8, 4) is 0 Å². The summed E-state index contributed by atoms with van der Waals surface area (Å²) in [5.74, 6) is 0.588. The van der Waals surface area contributed by atoms with E-state index in [1.807, 2.05) is 46.8 Å². The maximum Gasteiger partial charge on any atom is 0.123 e. The fraction of sp³-hybridized carbons (Fsp3) is 0.500. The number of nitrogens with zero attached hydrogens (tertiary/aromatic N) is 1. The SMILES string of the molecule is CC.CC.Cc1ccnc(N)c1. The fourth-order valence-corrected chi connectivity index (χ4v) is 0.560. The molecular weight excluding hydrogens is 148 g/mol. The molecule has 0 aliphatic rings. The Labute approximate surface area is 75.8 Å². The van der Waals surface area contributed by atoms with Crippen LogP contribution >= 0.6 is 0 Å². The van der Waals surface area contributed by atoms with Crippen LogP contribution in [0.3, 0.4) is 0 Å². The standard InChI is InChI=1S/C6H8N2.2C2H6/c1-5-2-3-8-6(7)4-5;2*1-2/h2-4H,1H3,(H2,7,8);2*1-2H3. The molecule has 2 nitrogen and oxygen atoms in total. The van der Waals surface area contributed by atoms with E-state index in [0.29, 0.717) is 5.82 Å². The van der Waals surface area contributed by atoms with Crippen LogP contribution in [0.5, 0.6) is 0 Å². The van der Waals surface area contributed by atoms with Gasteiger partial charge in [0.05, 0.1) is 0 Å². The molecule has 0 aliphatic heterocycles. The number of aromatic nitrogens is 1. The van der Waals surface area contributed by atoms with E-state index in [2.05, 4.69) is 4.98 Å². The molecule has 1 aromatic heterocycles. The summed E-state index contributed by atoms with van der Waals surface area (Å²) in [7, 11) is 0. The molecule has 0 fully saturated rings. The molecule has 1 aromatic rings. The second kappa shape index (κ2) is 9.95. The van der Waals surface area contributed by atoms with Gasteiger partial charge in [-0.05, 0) is 24.6 Å². The number of nitrogens with two attached hydrogens (primary N) is 1. The highest BCUT2D eigenvalue weighted by molar-refractivity contribution is 5.30. The molecule has 0 radical (unpaired) electrons. The van der Waals surface area contributed by atoms with Crippen LogP contribution in [0.4, 0.5) is 5.82 Å². The Bertz CT molecular complexity index is 168. The minimum Gasteiger partial charge on any atom is -0.384 e. The molecule has 0 atom stereocenters. The summed E-state index contributed by atoms with van der Waals surface area (Å²) < 4.78 is 0. The predicted molar refractivity (Wildman–Crippen MR) is 56.1 cm³/mol. The lowest BCUT2D eigenvalue weighted by molar-refractivity contribution is 1.30. The second-order valence-corrected chi connectivity index (χ2v) is 1.76. The van der Waals surface area contributed by atoms with Crippen LogP contribution in [0.15, 0.2) is 18.3 Å². The third-order valence-corrected chi connectivity index (χ3v) is 0.937. The molecule has 70 valence electrons. The van der Waals surface area contributed by atoms with Gasteiger partial charge in [0.1, 0.15) is 5.82 Å². The highest BCUT2D eigenvalue weighted by Crippen LogP contribution is 1.98. The predicted octanol–water partition coefficient (Wildman–Crippen LogP) is 3.02. The molecule has 1 heterocycles. The molecular formula is C10H20N2. The molecule has 0 spiro atoms. The van der Waals surface area contributed by atoms with Crippen LogP contribution in [-0.4, -0.2) is 4.98 Å². The number of rotatable bonds is 0. The van der Waals surface area contributed by atoms with Gasteiger partial charge in [-0.2, -0.15) is 0 Å². The zero-order valence-electron chi connectivity index (χ0n) is 8.76. The topological polar surface area (TPSA) is 38.9 Å². The van der Waals surface area contributed by atoms with E-state index in [0.717, 1.165) is 5.56 Å². The van der Waals surface area contributed by atoms with Gasteiger partial charge < -0.3 is 5.73 Å². The minimum atomic E-state index is 0.588. The summed E-state index contributed by atoms with van der Waals surface area (Å²) in [5.41, 5.74) is 6.50. The summed E-state index contributed by atoms with van der Waals surface area (Å²) in [4.78, 5) is 3.82. The maximum atomic E-state index is 5.35.